The summed E-state index contributed by atoms with van der Waals surface area (Å²) in [6.45, 7) is 4.45. The van der Waals surface area contributed by atoms with Gasteiger partial charge in [0.15, 0.2) is 0 Å². The molecule has 0 aliphatic heterocycles. The van der Waals surface area contributed by atoms with E-state index in [1.165, 1.54) is 22.2 Å². The van der Waals surface area contributed by atoms with Crippen LogP contribution in [0.1, 0.15) is 19.8 Å². The Bertz CT molecular complexity index is 278. The summed E-state index contributed by atoms with van der Waals surface area (Å²) in [5.74, 6) is 1.13. The second-order valence-corrected chi connectivity index (χ2v) is 5.37. The SMILES string of the molecule is CCCCNCCSc1ccccc1Br. The molecule has 0 aliphatic rings. The molecule has 0 amide bonds. The normalized spacial score (nSPS) is 10.5. The first-order valence-electron chi connectivity index (χ1n) is 5.42. The van der Waals surface area contributed by atoms with Gasteiger partial charge in [0.2, 0.25) is 0 Å². The standard InChI is InChI=1S/C12H18BrNS/c1-2-3-8-14-9-10-15-12-7-5-4-6-11(12)13/h4-7,14H,2-3,8-10H2,1H3. The lowest BCUT2D eigenvalue weighted by molar-refractivity contribution is 0.666. The highest BCUT2D eigenvalue weighted by molar-refractivity contribution is 9.10. The number of hydrogen-bond acceptors (Lipinski definition) is 2. The van der Waals surface area contributed by atoms with Crippen LogP contribution in [-0.2, 0) is 0 Å². The Kier molecular flexibility index (Phi) is 7.14. The molecule has 1 aromatic carbocycles. The van der Waals surface area contributed by atoms with Gasteiger partial charge in [-0.15, -0.1) is 11.8 Å². The largest absolute Gasteiger partial charge is 0.316 e. The quantitative estimate of drug-likeness (QED) is 0.602. The van der Waals surface area contributed by atoms with Crippen LogP contribution in [0, 0.1) is 0 Å². The van der Waals surface area contributed by atoms with E-state index in [1.807, 2.05) is 17.8 Å². The maximum Gasteiger partial charge on any atom is 0.0311 e. The topological polar surface area (TPSA) is 12.0 Å². The van der Waals surface area contributed by atoms with Crippen LogP contribution in [0.15, 0.2) is 33.6 Å². The van der Waals surface area contributed by atoms with Gasteiger partial charge in [-0.2, -0.15) is 0 Å². The minimum absolute atomic E-state index is 1.09. The van der Waals surface area contributed by atoms with E-state index in [0.29, 0.717) is 0 Å². The third-order valence-corrected chi connectivity index (χ3v) is 4.11. The van der Waals surface area contributed by atoms with Gasteiger partial charge in [0.25, 0.3) is 0 Å². The van der Waals surface area contributed by atoms with E-state index in [9.17, 15) is 0 Å². The van der Waals surface area contributed by atoms with Crippen molar-refractivity contribution >= 4 is 27.7 Å². The molecule has 1 nitrogen and oxygen atoms in total. The predicted molar refractivity (Wildman–Crippen MR) is 72.6 cm³/mol. The predicted octanol–water partition coefficient (Wildman–Crippen LogP) is 3.93. The summed E-state index contributed by atoms with van der Waals surface area (Å²) in [7, 11) is 0. The Morgan fingerprint density at radius 2 is 2.07 bits per heavy atom. The third-order valence-electron chi connectivity index (χ3n) is 2.08. The van der Waals surface area contributed by atoms with Crippen molar-refractivity contribution in [1.29, 1.82) is 0 Å². The van der Waals surface area contributed by atoms with Gasteiger partial charge in [-0.1, -0.05) is 25.5 Å². The molecule has 1 rings (SSSR count). The van der Waals surface area contributed by atoms with E-state index >= 15 is 0 Å². The van der Waals surface area contributed by atoms with Crippen molar-refractivity contribution in [1.82, 2.24) is 5.32 Å². The number of rotatable bonds is 7. The average molecular weight is 288 g/mol. The van der Waals surface area contributed by atoms with Crippen LogP contribution >= 0.6 is 27.7 Å². The number of unbranched alkanes of at least 4 members (excludes halogenated alkanes) is 1. The van der Waals surface area contributed by atoms with E-state index < -0.39 is 0 Å². The monoisotopic (exact) mass is 287 g/mol. The van der Waals surface area contributed by atoms with Gasteiger partial charge in [0.1, 0.15) is 0 Å². The molecule has 1 N–H and O–H groups in total. The molecule has 0 radical (unpaired) electrons. The first kappa shape index (κ1) is 13.1. The van der Waals surface area contributed by atoms with Crippen LogP contribution in [0.25, 0.3) is 0 Å². The van der Waals surface area contributed by atoms with Crippen molar-refractivity contribution in [3.8, 4) is 0 Å². The lowest BCUT2D eigenvalue weighted by Gasteiger charge is -2.05. The second-order valence-electron chi connectivity index (χ2n) is 3.38. The summed E-state index contributed by atoms with van der Waals surface area (Å²) in [5.41, 5.74) is 0. The maximum absolute atomic E-state index is 3.55. The van der Waals surface area contributed by atoms with E-state index in [1.54, 1.807) is 0 Å². The number of halogens is 1. The molecule has 1 aromatic rings. The summed E-state index contributed by atoms with van der Waals surface area (Å²) in [4.78, 5) is 1.33. The second kappa shape index (κ2) is 8.20. The number of thioether (sulfide) groups is 1. The van der Waals surface area contributed by atoms with Gasteiger partial charge in [-0.3, -0.25) is 0 Å². The summed E-state index contributed by atoms with van der Waals surface area (Å²) in [6, 6.07) is 8.37. The Hall–Kier alpha value is 0.01000. The highest BCUT2D eigenvalue weighted by atomic mass is 79.9. The van der Waals surface area contributed by atoms with Gasteiger partial charge >= 0.3 is 0 Å². The van der Waals surface area contributed by atoms with E-state index in [2.05, 4.69) is 46.4 Å². The number of hydrogen-bond donors (Lipinski definition) is 1. The zero-order valence-corrected chi connectivity index (χ0v) is 11.5. The Morgan fingerprint density at radius 3 is 2.80 bits per heavy atom. The zero-order valence-electron chi connectivity index (χ0n) is 9.13. The van der Waals surface area contributed by atoms with Gasteiger partial charge in [-0.25, -0.2) is 0 Å². The van der Waals surface area contributed by atoms with Crippen molar-refractivity contribution in [2.24, 2.45) is 0 Å². The summed E-state index contributed by atoms with van der Waals surface area (Å²) in [6.07, 6.45) is 2.55. The van der Waals surface area contributed by atoms with Crippen LogP contribution in [0.4, 0.5) is 0 Å². The lowest BCUT2D eigenvalue weighted by atomic mass is 10.3. The van der Waals surface area contributed by atoms with Crippen LogP contribution in [0.5, 0.6) is 0 Å². The third kappa shape index (κ3) is 5.59. The molecule has 0 saturated heterocycles. The Labute approximate surface area is 105 Å². The minimum Gasteiger partial charge on any atom is -0.316 e. The summed E-state index contributed by atoms with van der Waals surface area (Å²) >= 11 is 5.44. The van der Waals surface area contributed by atoms with Crippen LogP contribution in [0.2, 0.25) is 0 Å². The van der Waals surface area contributed by atoms with Crippen molar-refractivity contribution in [3.05, 3.63) is 28.7 Å². The lowest BCUT2D eigenvalue weighted by Crippen LogP contribution is -2.18. The molecule has 0 fully saturated rings. The molecule has 15 heavy (non-hydrogen) atoms. The molecule has 0 aliphatic carbocycles. The first-order chi connectivity index (χ1) is 7.34. The Balaban J connectivity index is 2.12. The van der Waals surface area contributed by atoms with Crippen molar-refractivity contribution in [2.45, 2.75) is 24.7 Å². The van der Waals surface area contributed by atoms with Crippen LogP contribution < -0.4 is 5.32 Å². The molecule has 0 unspecified atom stereocenters. The molecule has 0 spiro atoms. The highest BCUT2D eigenvalue weighted by Crippen LogP contribution is 2.26. The molecular weight excluding hydrogens is 270 g/mol. The molecule has 0 heterocycles. The summed E-state index contributed by atoms with van der Waals surface area (Å²) < 4.78 is 1.20. The van der Waals surface area contributed by atoms with Crippen LogP contribution in [0.3, 0.4) is 0 Å². The van der Waals surface area contributed by atoms with E-state index in [0.717, 1.165) is 18.8 Å². The molecule has 0 atom stereocenters. The first-order valence-corrected chi connectivity index (χ1v) is 7.20. The number of benzene rings is 1. The highest BCUT2D eigenvalue weighted by Gasteiger charge is 1.97. The van der Waals surface area contributed by atoms with Gasteiger partial charge in [0, 0.05) is 21.7 Å². The summed E-state index contributed by atoms with van der Waals surface area (Å²) in [5, 5.41) is 3.44. The van der Waals surface area contributed by atoms with Gasteiger partial charge in [0.05, 0.1) is 0 Å². The minimum atomic E-state index is 1.09. The van der Waals surface area contributed by atoms with E-state index in [4.69, 9.17) is 0 Å². The molecule has 3 heteroatoms. The maximum atomic E-state index is 3.55. The molecular formula is C12H18BrNS. The number of nitrogens with one attached hydrogen (secondary N) is 1. The smallest absolute Gasteiger partial charge is 0.0311 e. The zero-order chi connectivity index (χ0) is 10.9. The van der Waals surface area contributed by atoms with Gasteiger partial charge in [-0.05, 0) is 41.0 Å². The Morgan fingerprint density at radius 1 is 1.27 bits per heavy atom. The van der Waals surface area contributed by atoms with Crippen LogP contribution in [-0.4, -0.2) is 18.8 Å². The van der Waals surface area contributed by atoms with Crippen molar-refractivity contribution in [3.63, 3.8) is 0 Å². The van der Waals surface area contributed by atoms with E-state index in [-0.39, 0.29) is 0 Å². The molecule has 0 bridgehead atoms. The van der Waals surface area contributed by atoms with Crippen molar-refractivity contribution in [2.75, 3.05) is 18.8 Å². The average Bonchev–Trinajstić information content (AvgIpc) is 2.25. The fraction of sp³-hybridized carbons (Fsp3) is 0.500. The van der Waals surface area contributed by atoms with Crippen molar-refractivity contribution < 1.29 is 0 Å². The fourth-order valence-electron chi connectivity index (χ4n) is 1.22. The molecule has 0 aromatic heterocycles. The fourth-order valence-corrected chi connectivity index (χ4v) is 2.70. The molecule has 0 saturated carbocycles. The molecule has 84 valence electrons. The van der Waals surface area contributed by atoms with Gasteiger partial charge < -0.3 is 5.32 Å².